The summed E-state index contributed by atoms with van der Waals surface area (Å²) in [6, 6.07) is 13.4. The summed E-state index contributed by atoms with van der Waals surface area (Å²) >= 11 is 0. The number of rotatable bonds is 8. The van der Waals surface area contributed by atoms with Crippen molar-refractivity contribution in [3.8, 4) is 5.75 Å². The highest BCUT2D eigenvalue weighted by Gasteiger charge is 2.29. The Morgan fingerprint density at radius 1 is 1.16 bits per heavy atom. The molecule has 3 amide bonds. The lowest BCUT2D eigenvalue weighted by atomic mass is 10.1. The Hall–Kier alpha value is -3.39. The van der Waals surface area contributed by atoms with Gasteiger partial charge >= 0.3 is 0 Å². The molecule has 1 aliphatic rings. The largest absolute Gasteiger partial charge is 0.494 e. The van der Waals surface area contributed by atoms with Crippen LogP contribution >= 0.6 is 0 Å². The number of amides is 3. The van der Waals surface area contributed by atoms with Gasteiger partial charge in [-0.25, -0.2) is 0 Å². The smallest absolute Gasteiger partial charge is 0.251 e. The molecule has 0 saturated carbocycles. The lowest BCUT2D eigenvalue weighted by Gasteiger charge is -2.24. The van der Waals surface area contributed by atoms with E-state index in [2.05, 4.69) is 10.6 Å². The minimum absolute atomic E-state index is 0.0683. The molecule has 1 aliphatic heterocycles. The molecule has 2 aromatic carbocycles. The fraction of sp³-hybridized carbons (Fsp3) is 0.375. The second-order valence-electron chi connectivity index (χ2n) is 7.69. The van der Waals surface area contributed by atoms with Gasteiger partial charge in [-0.3, -0.25) is 14.4 Å². The van der Waals surface area contributed by atoms with Crippen molar-refractivity contribution in [3.05, 3.63) is 59.7 Å². The van der Waals surface area contributed by atoms with E-state index in [4.69, 9.17) is 10.5 Å². The van der Waals surface area contributed by atoms with Crippen molar-refractivity contribution in [1.82, 2.24) is 10.2 Å². The summed E-state index contributed by atoms with van der Waals surface area (Å²) in [7, 11) is 0. The summed E-state index contributed by atoms with van der Waals surface area (Å²) in [5.74, 6) is -0.168. The highest BCUT2D eigenvalue weighted by Crippen LogP contribution is 2.16. The number of anilines is 1. The molecule has 3 rings (SSSR count). The summed E-state index contributed by atoms with van der Waals surface area (Å²) in [5.41, 5.74) is 7.65. The maximum atomic E-state index is 13.0. The first-order chi connectivity index (χ1) is 15.5. The predicted molar refractivity (Wildman–Crippen MR) is 122 cm³/mol. The van der Waals surface area contributed by atoms with Crippen molar-refractivity contribution in [3.63, 3.8) is 0 Å². The van der Waals surface area contributed by atoms with E-state index >= 15 is 0 Å². The van der Waals surface area contributed by atoms with Crippen LogP contribution in [0.25, 0.3) is 0 Å². The molecule has 0 aliphatic carbocycles. The van der Waals surface area contributed by atoms with Crippen LogP contribution in [-0.4, -0.2) is 48.4 Å². The number of nitrogens with one attached hydrogen (secondary N) is 2. The van der Waals surface area contributed by atoms with Crippen LogP contribution in [-0.2, 0) is 16.1 Å². The number of hydrogen-bond donors (Lipinski definition) is 3. The van der Waals surface area contributed by atoms with E-state index in [1.54, 1.807) is 30.3 Å². The Morgan fingerprint density at radius 3 is 2.66 bits per heavy atom. The third kappa shape index (κ3) is 6.31. The highest BCUT2D eigenvalue weighted by atomic mass is 16.5. The number of nitrogens with zero attached hydrogens (tertiary/aromatic N) is 1. The van der Waals surface area contributed by atoms with E-state index in [9.17, 15) is 14.4 Å². The molecule has 2 aromatic rings. The van der Waals surface area contributed by atoms with Gasteiger partial charge in [-0.15, -0.1) is 0 Å². The Labute approximate surface area is 188 Å². The number of benzene rings is 2. The van der Waals surface area contributed by atoms with Crippen LogP contribution in [0.4, 0.5) is 5.69 Å². The van der Waals surface area contributed by atoms with Gasteiger partial charge in [0, 0.05) is 24.3 Å². The molecule has 32 heavy (non-hydrogen) atoms. The second-order valence-corrected chi connectivity index (χ2v) is 7.69. The number of ether oxygens (including phenoxy) is 1. The van der Waals surface area contributed by atoms with Crippen LogP contribution in [0.2, 0.25) is 0 Å². The minimum atomic E-state index is -0.662. The number of carbonyl (C=O) groups excluding carboxylic acids is 3. The first kappa shape index (κ1) is 23.3. The van der Waals surface area contributed by atoms with Crippen molar-refractivity contribution in [2.24, 2.45) is 5.73 Å². The van der Waals surface area contributed by atoms with Crippen LogP contribution in [0.15, 0.2) is 48.5 Å². The molecule has 1 unspecified atom stereocenters. The average Bonchev–Trinajstić information content (AvgIpc) is 2.96. The zero-order valence-corrected chi connectivity index (χ0v) is 18.3. The molecule has 0 spiro atoms. The van der Waals surface area contributed by atoms with Crippen LogP contribution < -0.4 is 21.1 Å². The molecule has 1 atom stereocenters. The van der Waals surface area contributed by atoms with Crippen molar-refractivity contribution >= 4 is 23.4 Å². The van der Waals surface area contributed by atoms with E-state index in [0.29, 0.717) is 43.1 Å². The number of nitrogens with two attached hydrogens (primary N) is 1. The maximum Gasteiger partial charge on any atom is 0.251 e. The van der Waals surface area contributed by atoms with Gasteiger partial charge in [0.15, 0.2) is 0 Å². The normalized spacial score (nSPS) is 16.2. The van der Waals surface area contributed by atoms with Crippen LogP contribution in [0.3, 0.4) is 0 Å². The van der Waals surface area contributed by atoms with Crippen molar-refractivity contribution < 1.29 is 19.1 Å². The predicted octanol–water partition coefficient (Wildman–Crippen LogP) is 2.29. The third-order valence-electron chi connectivity index (χ3n) is 5.29. The molecule has 8 heteroatoms. The number of carbonyl (C=O) groups is 3. The molecule has 170 valence electrons. The van der Waals surface area contributed by atoms with Crippen LogP contribution in [0.5, 0.6) is 5.75 Å². The van der Waals surface area contributed by atoms with Crippen LogP contribution in [0, 0.1) is 0 Å². The van der Waals surface area contributed by atoms with Gasteiger partial charge < -0.3 is 26.0 Å². The lowest BCUT2D eigenvalue weighted by Crippen LogP contribution is -2.49. The third-order valence-corrected chi connectivity index (χ3v) is 5.29. The molecular formula is C24H30N4O4. The minimum Gasteiger partial charge on any atom is -0.494 e. The summed E-state index contributed by atoms with van der Waals surface area (Å²) < 4.78 is 5.39. The van der Waals surface area contributed by atoms with Gasteiger partial charge in [0.05, 0.1) is 13.2 Å². The molecule has 0 bridgehead atoms. The average molecular weight is 439 g/mol. The summed E-state index contributed by atoms with van der Waals surface area (Å²) in [5, 5.41) is 5.64. The van der Waals surface area contributed by atoms with Crippen molar-refractivity contribution in [2.75, 3.05) is 25.0 Å². The zero-order valence-electron chi connectivity index (χ0n) is 18.3. The Bertz CT molecular complexity index is 945. The monoisotopic (exact) mass is 438 g/mol. The first-order valence-corrected chi connectivity index (χ1v) is 10.9. The van der Waals surface area contributed by atoms with Gasteiger partial charge in [-0.05, 0) is 68.1 Å². The van der Waals surface area contributed by atoms with Crippen molar-refractivity contribution in [1.29, 1.82) is 0 Å². The van der Waals surface area contributed by atoms with Gasteiger partial charge in [-0.1, -0.05) is 12.1 Å². The fourth-order valence-electron chi connectivity index (χ4n) is 3.66. The highest BCUT2D eigenvalue weighted by molar-refractivity contribution is 5.99. The summed E-state index contributed by atoms with van der Waals surface area (Å²) in [6.07, 6.45) is 2.10. The Kier molecular flexibility index (Phi) is 8.21. The second kappa shape index (κ2) is 11.3. The quantitative estimate of drug-likeness (QED) is 0.585. The molecule has 4 N–H and O–H groups in total. The van der Waals surface area contributed by atoms with Gasteiger partial charge in [0.1, 0.15) is 11.8 Å². The van der Waals surface area contributed by atoms with Gasteiger partial charge in [0.2, 0.25) is 11.8 Å². The maximum absolute atomic E-state index is 13.0. The molecule has 1 saturated heterocycles. The summed E-state index contributed by atoms with van der Waals surface area (Å²) in [4.78, 5) is 39.7. The Balaban J connectivity index is 1.60. The van der Waals surface area contributed by atoms with E-state index in [1.165, 1.54) is 4.90 Å². The molecule has 1 fully saturated rings. The fourth-order valence-corrected chi connectivity index (χ4v) is 3.66. The van der Waals surface area contributed by atoms with Gasteiger partial charge in [0.25, 0.3) is 5.91 Å². The van der Waals surface area contributed by atoms with Crippen molar-refractivity contribution in [2.45, 2.75) is 38.8 Å². The Morgan fingerprint density at radius 2 is 1.94 bits per heavy atom. The first-order valence-electron chi connectivity index (χ1n) is 10.9. The molecular weight excluding hydrogens is 408 g/mol. The van der Waals surface area contributed by atoms with E-state index in [-0.39, 0.29) is 24.3 Å². The summed E-state index contributed by atoms with van der Waals surface area (Å²) in [6.45, 7) is 3.22. The topological polar surface area (TPSA) is 114 Å². The standard InChI is InChI=1S/C24H30N4O4/c1-2-32-20-11-9-18(10-12-20)23(30)27-21-8-3-4-13-28(24(21)31)16-22(29)26-19-7-5-6-17(14-19)15-25/h5-7,9-12,14,21H,2-4,8,13,15-16,25H2,1H3,(H,26,29)(H,27,30). The number of hydrogen-bond acceptors (Lipinski definition) is 5. The van der Waals surface area contributed by atoms with E-state index in [0.717, 1.165) is 18.4 Å². The molecule has 1 heterocycles. The van der Waals surface area contributed by atoms with Crippen LogP contribution in [0.1, 0.15) is 42.1 Å². The molecule has 8 nitrogen and oxygen atoms in total. The van der Waals surface area contributed by atoms with Gasteiger partial charge in [-0.2, -0.15) is 0 Å². The SMILES string of the molecule is CCOc1ccc(C(=O)NC2CCCCN(CC(=O)Nc3cccc(CN)c3)C2=O)cc1. The van der Waals surface area contributed by atoms with E-state index in [1.807, 2.05) is 25.1 Å². The van der Waals surface area contributed by atoms with E-state index < -0.39 is 6.04 Å². The lowest BCUT2D eigenvalue weighted by molar-refractivity contribution is -0.135. The zero-order chi connectivity index (χ0) is 22.9. The molecule has 0 radical (unpaired) electrons. The molecule has 0 aromatic heterocycles. The number of likely N-dealkylation sites (tertiary alicyclic amines) is 1.